The molecule has 1 atom stereocenters. The Kier molecular flexibility index (Phi) is 8.50. The molecule has 210 valence electrons. The van der Waals surface area contributed by atoms with E-state index < -0.39 is 12.0 Å². The number of allylic oxidation sites excluding steroid dienone is 1. The Morgan fingerprint density at radius 1 is 0.951 bits per heavy atom. The van der Waals surface area contributed by atoms with Crippen molar-refractivity contribution in [2.75, 3.05) is 13.2 Å². The summed E-state index contributed by atoms with van der Waals surface area (Å²) in [6.07, 6.45) is 1.82. The lowest BCUT2D eigenvalue weighted by Gasteiger charge is -2.24. The van der Waals surface area contributed by atoms with Crippen LogP contribution in [0.4, 0.5) is 0 Å². The van der Waals surface area contributed by atoms with Gasteiger partial charge in [0, 0.05) is 0 Å². The zero-order chi connectivity index (χ0) is 28.9. The molecular formula is C33H32N2O5S. The standard InChI is InChI=1S/C33H32N2O5S/c1-5-38-27-18-24(14-17-26(27)40-20-23-10-8-7-9-11-23)19-28-31(36)35-30(25-15-12-21(3)13-16-25)29(32(37)39-6-2)22(4)34-33(35)41-28/h7-19,30H,5-6,20H2,1-4H3/b28-19-/t30-/m1/s1. The zero-order valence-electron chi connectivity index (χ0n) is 23.5. The summed E-state index contributed by atoms with van der Waals surface area (Å²) in [5, 5.41) is 0. The summed E-state index contributed by atoms with van der Waals surface area (Å²) >= 11 is 1.29. The number of aryl methyl sites for hydroxylation is 1. The predicted molar refractivity (Wildman–Crippen MR) is 160 cm³/mol. The van der Waals surface area contributed by atoms with E-state index in [2.05, 4.69) is 4.99 Å². The first-order valence-corrected chi connectivity index (χ1v) is 14.4. The van der Waals surface area contributed by atoms with Crippen molar-refractivity contribution in [2.45, 2.75) is 40.3 Å². The third kappa shape index (κ3) is 6.02. The monoisotopic (exact) mass is 568 g/mol. The molecule has 0 fully saturated rings. The molecule has 0 saturated heterocycles. The van der Waals surface area contributed by atoms with Gasteiger partial charge in [0.05, 0.1) is 35.1 Å². The number of ether oxygens (including phenoxy) is 3. The van der Waals surface area contributed by atoms with Crippen LogP contribution in [0.15, 0.2) is 93.9 Å². The van der Waals surface area contributed by atoms with Crippen LogP contribution in [0.2, 0.25) is 0 Å². The number of fused-ring (bicyclic) bond motifs is 1. The highest BCUT2D eigenvalue weighted by atomic mass is 32.1. The number of hydrogen-bond acceptors (Lipinski definition) is 7. The number of thiazole rings is 1. The van der Waals surface area contributed by atoms with Crippen molar-refractivity contribution in [2.24, 2.45) is 4.99 Å². The molecule has 5 rings (SSSR count). The molecule has 1 aromatic heterocycles. The molecule has 7 nitrogen and oxygen atoms in total. The van der Waals surface area contributed by atoms with Gasteiger partial charge in [0.25, 0.3) is 5.56 Å². The second-order valence-electron chi connectivity index (χ2n) is 9.63. The Bertz CT molecular complexity index is 1770. The van der Waals surface area contributed by atoms with E-state index in [1.54, 1.807) is 18.4 Å². The average Bonchev–Trinajstić information content (AvgIpc) is 3.27. The molecule has 2 heterocycles. The highest BCUT2D eigenvalue weighted by Gasteiger charge is 2.33. The number of nitrogens with zero attached hydrogens (tertiary/aromatic N) is 2. The van der Waals surface area contributed by atoms with Crippen LogP contribution in [0.1, 0.15) is 49.1 Å². The third-order valence-electron chi connectivity index (χ3n) is 6.71. The maximum absolute atomic E-state index is 13.9. The molecule has 8 heteroatoms. The Morgan fingerprint density at radius 3 is 2.41 bits per heavy atom. The predicted octanol–water partition coefficient (Wildman–Crippen LogP) is 5.08. The lowest BCUT2D eigenvalue weighted by molar-refractivity contribution is -0.139. The molecule has 0 aliphatic carbocycles. The molecule has 0 spiro atoms. The number of aromatic nitrogens is 1. The number of carbonyl (C=O) groups excluding carboxylic acids is 1. The highest BCUT2D eigenvalue weighted by molar-refractivity contribution is 7.07. The Hall–Kier alpha value is -4.43. The van der Waals surface area contributed by atoms with Gasteiger partial charge in [-0.15, -0.1) is 0 Å². The van der Waals surface area contributed by atoms with Crippen LogP contribution in [0.25, 0.3) is 6.08 Å². The van der Waals surface area contributed by atoms with Gasteiger partial charge in [-0.3, -0.25) is 9.36 Å². The van der Waals surface area contributed by atoms with Crippen LogP contribution in [0.5, 0.6) is 11.5 Å². The summed E-state index contributed by atoms with van der Waals surface area (Å²) in [7, 11) is 0. The maximum Gasteiger partial charge on any atom is 0.338 e. The lowest BCUT2D eigenvalue weighted by Crippen LogP contribution is -2.39. The van der Waals surface area contributed by atoms with Gasteiger partial charge in [-0.05, 0) is 62.6 Å². The number of hydrogen-bond donors (Lipinski definition) is 0. The van der Waals surface area contributed by atoms with Gasteiger partial charge in [0.15, 0.2) is 16.3 Å². The normalized spacial score (nSPS) is 14.8. The maximum atomic E-state index is 13.9. The van der Waals surface area contributed by atoms with E-state index in [1.165, 1.54) is 11.3 Å². The summed E-state index contributed by atoms with van der Waals surface area (Å²) in [5.74, 6) is 0.757. The second-order valence-corrected chi connectivity index (χ2v) is 10.6. The van der Waals surface area contributed by atoms with Crippen LogP contribution < -0.4 is 24.4 Å². The minimum atomic E-state index is -0.638. The number of esters is 1. The molecule has 1 aliphatic heterocycles. The minimum Gasteiger partial charge on any atom is -0.490 e. The zero-order valence-corrected chi connectivity index (χ0v) is 24.4. The first kappa shape index (κ1) is 28.1. The van der Waals surface area contributed by atoms with E-state index in [9.17, 15) is 9.59 Å². The van der Waals surface area contributed by atoms with Gasteiger partial charge in [0.1, 0.15) is 6.61 Å². The molecular weight excluding hydrogens is 536 g/mol. The molecule has 41 heavy (non-hydrogen) atoms. The van der Waals surface area contributed by atoms with Gasteiger partial charge < -0.3 is 14.2 Å². The molecule has 0 N–H and O–H groups in total. The smallest absolute Gasteiger partial charge is 0.338 e. The van der Waals surface area contributed by atoms with E-state index in [4.69, 9.17) is 14.2 Å². The molecule has 4 aromatic rings. The van der Waals surface area contributed by atoms with Crippen molar-refractivity contribution in [1.82, 2.24) is 4.57 Å². The Balaban J connectivity index is 1.56. The highest BCUT2D eigenvalue weighted by Crippen LogP contribution is 2.32. The summed E-state index contributed by atoms with van der Waals surface area (Å²) in [6.45, 7) is 8.58. The first-order valence-electron chi connectivity index (χ1n) is 13.6. The van der Waals surface area contributed by atoms with Crippen LogP contribution in [0, 0.1) is 6.92 Å². The summed E-state index contributed by atoms with van der Waals surface area (Å²) in [5.41, 5.74) is 4.43. The van der Waals surface area contributed by atoms with Crippen LogP contribution in [-0.2, 0) is 16.1 Å². The summed E-state index contributed by atoms with van der Waals surface area (Å²) < 4.78 is 19.4. The first-order chi connectivity index (χ1) is 19.9. The van der Waals surface area contributed by atoms with Crippen molar-refractivity contribution in [3.63, 3.8) is 0 Å². The molecule has 0 unspecified atom stereocenters. The average molecular weight is 569 g/mol. The fourth-order valence-electron chi connectivity index (χ4n) is 4.74. The fraction of sp³-hybridized carbons (Fsp3) is 0.242. The fourth-order valence-corrected chi connectivity index (χ4v) is 5.79. The summed E-state index contributed by atoms with van der Waals surface area (Å²) in [6, 6.07) is 22.7. The molecule has 1 aliphatic rings. The van der Waals surface area contributed by atoms with E-state index in [-0.39, 0.29) is 12.2 Å². The van der Waals surface area contributed by atoms with Gasteiger partial charge >= 0.3 is 5.97 Å². The van der Waals surface area contributed by atoms with E-state index in [0.717, 1.165) is 22.3 Å². The second kappa shape index (κ2) is 12.4. The van der Waals surface area contributed by atoms with Crippen molar-refractivity contribution in [3.05, 3.63) is 126 Å². The van der Waals surface area contributed by atoms with Crippen molar-refractivity contribution >= 4 is 23.4 Å². The van der Waals surface area contributed by atoms with Crippen molar-refractivity contribution in [1.29, 1.82) is 0 Å². The van der Waals surface area contributed by atoms with E-state index in [1.807, 2.05) is 92.7 Å². The number of carbonyl (C=O) groups is 1. The topological polar surface area (TPSA) is 79.1 Å². The van der Waals surface area contributed by atoms with Gasteiger partial charge in [-0.1, -0.05) is 77.6 Å². The molecule has 0 amide bonds. The van der Waals surface area contributed by atoms with Crippen LogP contribution in [-0.4, -0.2) is 23.8 Å². The van der Waals surface area contributed by atoms with Crippen molar-refractivity contribution < 1.29 is 19.0 Å². The van der Waals surface area contributed by atoms with Crippen molar-refractivity contribution in [3.8, 4) is 11.5 Å². The Morgan fingerprint density at radius 2 is 1.71 bits per heavy atom. The van der Waals surface area contributed by atoms with Crippen LogP contribution >= 0.6 is 11.3 Å². The number of rotatable bonds is 9. The molecule has 0 saturated carbocycles. The summed E-state index contributed by atoms with van der Waals surface area (Å²) in [4.78, 5) is 32.1. The largest absolute Gasteiger partial charge is 0.490 e. The van der Waals surface area contributed by atoms with Gasteiger partial charge in [-0.2, -0.15) is 0 Å². The SMILES string of the molecule is CCOC(=O)C1=C(C)N=c2s/c(=C\c3ccc(OCc4ccccc4)c(OCC)c3)c(=O)n2[C@@H]1c1ccc(C)cc1. The molecule has 0 radical (unpaired) electrons. The minimum absolute atomic E-state index is 0.226. The van der Waals surface area contributed by atoms with Gasteiger partial charge in [-0.25, -0.2) is 9.79 Å². The molecule has 0 bridgehead atoms. The third-order valence-corrected chi connectivity index (χ3v) is 7.70. The lowest BCUT2D eigenvalue weighted by atomic mass is 9.95. The molecule has 3 aromatic carbocycles. The van der Waals surface area contributed by atoms with Gasteiger partial charge in [0.2, 0.25) is 0 Å². The van der Waals surface area contributed by atoms with E-state index >= 15 is 0 Å². The number of benzene rings is 3. The van der Waals surface area contributed by atoms with E-state index in [0.29, 0.717) is 45.3 Å². The van der Waals surface area contributed by atoms with Crippen LogP contribution in [0.3, 0.4) is 0 Å². The quantitative estimate of drug-likeness (QED) is 0.263. The Labute approximate surface area is 242 Å².